The Balaban J connectivity index is 1.37. The van der Waals surface area contributed by atoms with E-state index in [9.17, 15) is 4.79 Å². The molecular weight excluding hydrogens is 474 g/mol. The van der Waals surface area contributed by atoms with E-state index in [2.05, 4.69) is 17.0 Å². The quantitative estimate of drug-likeness (QED) is 0.409. The SMILES string of the molecule is COc1ccc(CCN2COc3ccc4c(c3C2)O/C(=C\c2cc(OC)c(OC)cc2OC)C4=O)cc1. The molecule has 37 heavy (non-hydrogen) atoms. The lowest BCUT2D eigenvalue weighted by Gasteiger charge is -2.29. The van der Waals surface area contributed by atoms with Gasteiger partial charge in [-0.05, 0) is 48.4 Å². The van der Waals surface area contributed by atoms with Gasteiger partial charge in [0.25, 0.3) is 0 Å². The molecule has 192 valence electrons. The first kappa shape index (κ1) is 24.5. The van der Waals surface area contributed by atoms with Crippen molar-refractivity contribution in [3.8, 4) is 34.5 Å². The maximum absolute atomic E-state index is 13.3. The van der Waals surface area contributed by atoms with Gasteiger partial charge >= 0.3 is 0 Å². The van der Waals surface area contributed by atoms with Gasteiger partial charge in [0.15, 0.2) is 17.3 Å². The van der Waals surface area contributed by atoms with E-state index < -0.39 is 0 Å². The molecule has 2 heterocycles. The molecule has 0 spiro atoms. The minimum atomic E-state index is -0.190. The summed E-state index contributed by atoms with van der Waals surface area (Å²) in [5, 5.41) is 0. The fourth-order valence-electron chi connectivity index (χ4n) is 4.53. The number of rotatable bonds is 8. The predicted octanol–water partition coefficient (Wildman–Crippen LogP) is 4.73. The van der Waals surface area contributed by atoms with Crippen LogP contribution in [0, 0.1) is 0 Å². The highest BCUT2D eigenvalue weighted by Gasteiger charge is 2.34. The van der Waals surface area contributed by atoms with Crippen LogP contribution in [0.3, 0.4) is 0 Å². The van der Waals surface area contributed by atoms with Crippen molar-refractivity contribution in [2.75, 3.05) is 41.7 Å². The maximum Gasteiger partial charge on any atom is 0.231 e. The highest BCUT2D eigenvalue weighted by Crippen LogP contribution is 2.43. The van der Waals surface area contributed by atoms with Gasteiger partial charge in [-0.25, -0.2) is 0 Å². The van der Waals surface area contributed by atoms with Crippen LogP contribution in [0.25, 0.3) is 6.08 Å². The summed E-state index contributed by atoms with van der Waals surface area (Å²) in [6, 6.07) is 15.1. The van der Waals surface area contributed by atoms with E-state index in [4.69, 9.17) is 28.4 Å². The highest BCUT2D eigenvalue weighted by molar-refractivity contribution is 6.15. The van der Waals surface area contributed by atoms with Crippen LogP contribution in [-0.2, 0) is 13.0 Å². The van der Waals surface area contributed by atoms with Gasteiger partial charge in [-0.1, -0.05) is 12.1 Å². The molecule has 0 saturated carbocycles. The highest BCUT2D eigenvalue weighted by atomic mass is 16.5. The Kier molecular flexibility index (Phi) is 6.92. The number of benzene rings is 3. The summed E-state index contributed by atoms with van der Waals surface area (Å²) < 4.78 is 33.7. The van der Waals surface area contributed by atoms with Crippen LogP contribution in [0.2, 0.25) is 0 Å². The molecule has 8 heteroatoms. The van der Waals surface area contributed by atoms with Gasteiger partial charge in [0, 0.05) is 24.7 Å². The topological polar surface area (TPSA) is 75.7 Å². The average Bonchev–Trinajstić information content (AvgIpc) is 3.26. The van der Waals surface area contributed by atoms with Crippen molar-refractivity contribution in [2.24, 2.45) is 0 Å². The Hall–Kier alpha value is -4.17. The van der Waals surface area contributed by atoms with E-state index in [1.165, 1.54) is 5.56 Å². The summed E-state index contributed by atoms with van der Waals surface area (Å²) in [6.07, 6.45) is 2.53. The van der Waals surface area contributed by atoms with Crippen molar-refractivity contribution < 1.29 is 33.2 Å². The minimum absolute atomic E-state index is 0.190. The van der Waals surface area contributed by atoms with E-state index in [-0.39, 0.29) is 11.5 Å². The van der Waals surface area contributed by atoms with Crippen LogP contribution in [0.5, 0.6) is 34.5 Å². The van der Waals surface area contributed by atoms with Gasteiger partial charge in [-0.3, -0.25) is 9.69 Å². The number of methoxy groups -OCH3 is 4. The number of hydrogen-bond donors (Lipinski definition) is 0. The smallest absolute Gasteiger partial charge is 0.231 e. The zero-order valence-corrected chi connectivity index (χ0v) is 21.3. The second-order valence-electron chi connectivity index (χ2n) is 8.73. The number of carbonyl (C=O) groups is 1. The Bertz CT molecular complexity index is 1350. The number of hydrogen-bond acceptors (Lipinski definition) is 8. The molecule has 8 nitrogen and oxygen atoms in total. The molecule has 2 aliphatic rings. The fraction of sp³-hybridized carbons (Fsp3) is 0.276. The van der Waals surface area contributed by atoms with Crippen molar-refractivity contribution in [3.63, 3.8) is 0 Å². The number of Topliss-reactive ketones (excluding diaryl/α,β-unsaturated/α-hetero) is 1. The molecular formula is C29H29NO7. The summed E-state index contributed by atoms with van der Waals surface area (Å²) in [7, 11) is 6.33. The van der Waals surface area contributed by atoms with Gasteiger partial charge in [-0.15, -0.1) is 0 Å². The second-order valence-corrected chi connectivity index (χ2v) is 8.73. The third kappa shape index (κ3) is 4.80. The number of nitrogens with zero attached hydrogens (tertiary/aromatic N) is 1. The summed E-state index contributed by atoms with van der Waals surface area (Å²) >= 11 is 0. The minimum Gasteiger partial charge on any atom is -0.497 e. The average molecular weight is 504 g/mol. The van der Waals surface area contributed by atoms with E-state index in [0.717, 1.165) is 30.0 Å². The molecule has 0 bridgehead atoms. The third-order valence-corrected chi connectivity index (χ3v) is 6.58. The van der Waals surface area contributed by atoms with Gasteiger partial charge < -0.3 is 28.4 Å². The summed E-state index contributed by atoms with van der Waals surface area (Å²) in [6.45, 7) is 1.89. The largest absolute Gasteiger partial charge is 0.497 e. The van der Waals surface area contributed by atoms with Crippen LogP contribution in [0.15, 0.2) is 54.3 Å². The first-order valence-corrected chi connectivity index (χ1v) is 11.9. The van der Waals surface area contributed by atoms with Crippen molar-refractivity contribution in [1.82, 2.24) is 4.90 Å². The van der Waals surface area contributed by atoms with Crippen LogP contribution in [0.4, 0.5) is 0 Å². The number of fused-ring (bicyclic) bond motifs is 3. The fourth-order valence-corrected chi connectivity index (χ4v) is 4.53. The first-order chi connectivity index (χ1) is 18.0. The first-order valence-electron chi connectivity index (χ1n) is 11.9. The lowest BCUT2D eigenvalue weighted by molar-refractivity contribution is 0.0949. The summed E-state index contributed by atoms with van der Waals surface area (Å²) in [4.78, 5) is 15.4. The second kappa shape index (κ2) is 10.4. The van der Waals surface area contributed by atoms with Crippen molar-refractivity contribution in [2.45, 2.75) is 13.0 Å². The molecule has 0 radical (unpaired) electrons. The number of ether oxygens (including phenoxy) is 6. The predicted molar refractivity (Wildman–Crippen MR) is 138 cm³/mol. The Morgan fingerprint density at radius 2 is 1.62 bits per heavy atom. The normalized spacial score (nSPS) is 15.5. The number of carbonyl (C=O) groups excluding carboxylic acids is 1. The molecule has 0 aromatic heterocycles. The van der Waals surface area contributed by atoms with Gasteiger partial charge in [0.05, 0.1) is 39.6 Å². The zero-order valence-electron chi connectivity index (χ0n) is 21.3. The molecule has 0 N–H and O–H groups in total. The molecule has 2 aliphatic heterocycles. The molecule has 0 fully saturated rings. The van der Waals surface area contributed by atoms with Crippen LogP contribution in [0.1, 0.15) is 27.0 Å². The third-order valence-electron chi connectivity index (χ3n) is 6.58. The maximum atomic E-state index is 13.3. The Labute approximate surface area is 215 Å². The lowest BCUT2D eigenvalue weighted by Crippen LogP contribution is -2.33. The standard InChI is InChI=1S/C29H29NO7/c1-32-20-7-5-18(6-8-20)11-12-30-16-22-23(36-17-30)10-9-21-28(31)27(37-29(21)22)14-19-13-25(34-3)26(35-4)15-24(19)33-2/h5-10,13-15H,11-12,16-17H2,1-4H3/b27-14-. The van der Waals surface area contributed by atoms with Gasteiger partial charge in [0.1, 0.15) is 29.7 Å². The van der Waals surface area contributed by atoms with Crippen molar-refractivity contribution in [3.05, 3.63) is 76.5 Å². The van der Waals surface area contributed by atoms with Crippen molar-refractivity contribution >= 4 is 11.9 Å². The Morgan fingerprint density at radius 1 is 0.892 bits per heavy atom. The van der Waals surface area contributed by atoms with Crippen molar-refractivity contribution in [1.29, 1.82) is 0 Å². The summed E-state index contributed by atoms with van der Waals surface area (Å²) in [5.74, 6) is 3.73. The van der Waals surface area contributed by atoms with E-state index >= 15 is 0 Å². The molecule has 3 aromatic rings. The monoisotopic (exact) mass is 503 g/mol. The molecule has 0 atom stereocenters. The van der Waals surface area contributed by atoms with Crippen LogP contribution < -0.4 is 28.4 Å². The number of allylic oxidation sites excluding steroid dienone is 1. The molecule has 3 aromatic carbocycles. The molecule has 0 aliphatic carbocycles. The van der Waals surface area contributed by atoms with Gasteiger partial charge in [0.2, 0.25) is 5.78 Å². The summed E-state index contributed by atoms with van der Waals surface area (Å²) in [5.41, 5.74) is 3.24. The van der Waals surface area contributed by atoms with Crippen LogP contribution in [-0.4, -0.2) is 52.4 Å². The molecule has 0 unspecified atom stereocenters. The van der Waals surface area contributed by atoms with E-state index in [1.807, 2.05) is 18.2 Å². The van der Waals surface area contributed by atoms with E-state index in [0.29, 0.717) is 47.4 Å². The van der Waals surface area contributed by atoms with Gasteiger partial charge in [-0.2, -0.15) is 0 Å². The Morgan fingerprint density at radius 3 is 2.32 bits per heavy atom. The zero-order chi connectivity index (χ0) is 25.9. The lowest BCUT2D eigenvalue weighted by atomic mass is 10.0. The molecule has 0 saturated heterocycles. The molecule has 5 rings (SSSR count). The van der Waals surface area contributed by atoms with E-state index in [1.54, 1.807) is 52.7 Å². The molecule has 0 amide bonds. The number of ketones is 1. The van der Waals surface area contributed by atoms with Crippen LogP contribution >= 0.6 is 0 Å².